The molecule has 0 bridgehead atoms. The first-order valence-corrected chi connectivity index (χ1v) is 3.67. The van der Waals surface area contributed by atoms with Crippen molar-refractivity contribution in [2.24, 2.45) is 0 Å². The van der Waals surface area contributed by atoms with E-state index in [0.29, 0.717) is 6.61 Å². The summed E-state index contributed by atoms with van der Waals surface area (Å²) in [7, 11) is 0. The molecule has 0 aromatic rings. The number of ether oxygens (including phenoxy) is 1. The molecule has 0 aliphatic carbocycles. The van der Waals surface area contributed by atoms with Crippen molar-refractivity contribution in [1.29, 1.82) is 0 Å². The predicted octanol–water partition coefficient (Wildman–Crippen LogP) is 0.249. The van der Waals surface area contributed by atoms with E-state index in [1.54, 1.807) is 0 Å². The summed E-state index contributed by atoms with van der Waals surface area (Å²) >= 11 is 0. The van der Waals surface area contributed by atoms with Gasteiger partial charge in [0.2, 0.25) is 0 Å². The van der Waals surface area contributed by atoms with Gasteiger partial charge in [-0.2, -0.15) is 0 Å². The van der Waals surface area contributed by atoms with Gasteiger partial charge >= 0.3 is 5.97 Å². The van der Waals surface area contributed by atoms with Crippen molar-refractivity contribution in [2.45, 2.75) is 25.9 Å². The Morgan fingerprint density at radius 1 is 1.64 bits per heavy atom. The molecule has 2 N–H and O–H groups in total. The van der Waals surface area contributed by atoms with Gasteiger partial charge in [-0.15, -0.1) is 0 Å². The van der Waals surface area contributed by atoms with E-state index in [0.717, 1.165) is 12.8 Å². The van der Waals surface area contributed by atoms with Crippen molar-refractivity contribution < 1.29 is 19.7 Å². The maximum absolute atomic E-state index is 10.0. The van der Waals surface area contributed by atoms with E-state index < -0.39 is 12.1 Å². The lowest BCUT2D eigenvalue weighted by atomic mass is 10.3. The Hall–Kier alpha value is -0.610. The standard InChI is InChI=1S/C7H14O4/c1-2-3-4-11-5-6(8)7(9)10/h6,8H,2-5H2,1H3,(H,9,10). The van der Waals surface area contributed by atoms with Gasteiger partial charge in [-0.05, 0) is 6.42 Å². The first kappa shape index (κ1) is 10.4. The number of aliphatic hydroxyl groups is 1. The molecule has 0 aromatic heterocycles. The molecule has 0 saturated carbocycles. The molecule has 0 heterocycles. The molecular formula is C7H14O4. The fraction of sp³-hybridized carbons (Fsp3) is 0.857. The van der Waals surface area contributed by atoms with E-state index in [1.165, 1.54) is 0 Å². The van der Waals surface area contributed by atoms with Crippen LogP contribution in [0.1, 0.15) is 19.8 Å². The third-order valence-corrected chi connectivity index (χ3v) is 1.20. The Bertz CT molecular complexity index is 113. The molecule has 0 spiro atoms. The zero-order valence-corrected chi connectivity index (χ0v) is 6.62. The molecule has 1 unspecified atom stereocenters. The van der Waals surface area contributed by atoms with Crippen molar-refractivity contribution in [1.82, 2.24) is 0 Å². The molecule has 11 heavy (non-hydrogen) atoms. The number of carbonyl (C=O) groups is 1. The van der Waals surface area contributed by atoms with Crippen molar-refractivity contribution in [3.63, 3.8) is 0 Å². The van der Waals surface area contributed by atoms with Crippen LogP contribution >= 0.6 is 0 Å². The summed E-state index contributed by atoms with van der Waals surface area (Å²) in [4.78, 5) is 10.0. The van der Waals surface area contributed by atoms with E-state index in [2.05, 4.69) is 0 Å². The minimum absolute atomic E-state index is 0.116. The van der Waals surface area contributed by atoms with Crippen molar-refractivity contribution in [3.05, 3.63) is 0 Å². The fourth-order valence-corrected chi connectivity index (χ4v) is 0.513. The Balaban J connectivity index is 3.17. The fourth-order valence-electron chi connectivity index (χ4n) is 0.513. The highest BCUT2D eigenvalue weighted by Gasteiger charge is 2.11. The largest absolute Gasteiger partial charge is 0.479 e. The van der Waals surface area contributed by atoms with Crippen LogP contribution in [0, 0.1) is 0 Å². The number of hydrogen-bond donors (Lipinski definition) is 2. The first-order chi connectivity index (χ1) is 5.18. The van der Waals surface area contributed by atoms with Gasteiger partial charge in [0.1, 0.15) is 0 Å². The number of aliphatic hydroxyl groups excluding tert-OH is 1. The molecule has 4 heteroatoms. The minimum Gasteiger partial charge on any atom is -0.479 e. The van der Waals surface area contributed by atoms with Gasteiger partial charge in [0.15, 0.2) is 6.10 Å². The molecule has 0 rings (SSSR count). The Labute approximate surface area is 65.8 Å². The molecule has 4 nitrogen and oxygen atoms in total. The second-order valence-electron chi connectivity index (χ2n) is 2.28. The summed E-state index contributed by atoms with van der Waals surface area (Å²) in [5.74, 6) is -1.23. The SMILES string of the molecule is CCCCOCC(O)C(=O)O. The highest BCUT2D eigenvalue weighted by Crippen LogP contribution is 1.90. The summed E-state index contributed by atoms with van der Waals surface area (Å²) in [5.41, 5.74) is 0. The molecular weight excluding hydrogens is 148 g/mol. The number of carboxylic acids is 1. The maximum atomic E-state index is 10.0. The van der Waals surface area contributed by atoms with Crippen LogP contribution in [0.3, 0.4) is 0 Å². The van der Waals surface area contributed by atoms with Crippen LogP contribution in [0.15, 0.2) is 0 Å². The number of aliphatic carboxylic acids is 1. The Kier molecular flexibility index (Phi) is 5.78. The minimum atomic E-state index is -1.38. The van der Waals surface area contributed by atoms with Crippen molar-refractivity contribution in [2.75, 3.05) is 13.2 Å². The van der Waals surface area contributed by atoms with Crippen LogP contribution in [0.4, 0.5) is 0 Å². The molecule has 0 aromatic carbocycles. The monoisotopic (exact) mass is 162 g/mol. The molecule has 0 amide bonds. The lowest BCUT2D eigenvalue weighted by molar-refractivity contribution is -0.149. The van der Waals surface area contributed by atoms with Crippen molar-refractivity contribution in [3.8, 4) is 0 Å². The quantitative estimate of drug-likeness (QED) is 0.549. The number of rotatable bonds is 6. The first-order valence-electron chi connectivity index (χ1n) is 3.67. The summed E-state index contributed by atoms with van der Waals surface area (Å²) in [5, 5.41) is 16.9. The third kappa shape index (κ3) is 5.82. The molecule has 1 atom stereocenters. The summed E-state index contributed by atoms with van der Waals surface area (Å²) in [6, 6.07) is 0. The highest BCUT2D eigenvalue weighted by molar-refractivity contribution is 5.71. The van der Waals surface area contributed by atoms with E-state index in [9.17, 15) is 4.79 Å². The lowest BCUT2D eigenvalue weighted by Crippen LogP contribution is -2.25. The van der Waals surface area contributed by atoms with Crippen molar-refractivity contribution >= 4 is 5.97 Å². The van der Waals surface area contributed by atoms with Crippen LogP contribution in [0.25, 0.3) is 0 Å². The molecule has 0 aliphatic heterocycles. The third-order valence-electron chi connectivity index (χ3n) is 1.20. The topological polar surface area (TPSA) is 66.8 Å². The second-order valence-corrected chi connectivity index (χ2v) is 2.28. The normalized spacial score (nSPS) is 12.9. The zero-order chi connectivity index (χ0) is 8.69. The Morgan fingerprint density at radius 3 is 2.73 bits per heavy atom. The van der Waals surface area contributed by atoms with Crippen LogP contribution in [0.2, 0.25) is 0 Å². The van der Waals surface area contributed by atoms with Crippen LogP contribution in [0.5, 0.6) is 0 Å². The highest BCUT2D eigenvalue weighted by atomic mass is 16.5. The van der Waals surface area contributed by atoms with Crippen LogP contribution < -0.4 is 0 Å². The molecule has 0 fully saturated rings. The van der Waals surface area contributed by atoms with Gasteiger partial charge in [0.25, 0.3) is 0 Å². The van der Waals surface area contributed by atoms with E-state index in [-0.39, 0.29) is 6.61 Å². The number of carboxylic acid groups (broad SMARTS) is 1. The molecule has 0 saturated heterocycles. The number of hydrogen-bond acceptors (Lipinski definition) is 3. The molecule has 0 aliphatic rings. The smallest absolute Gasteiger partial charge is 0.334 e. The van der Waals surface area contributed by atoms with Gasteiger partial charge in [-0.25, -0.2) is 4.79 Å². The van der Waals surface area contributed by atoms with Gasteiger partial charge in [-0.3, -0.25) is 0 Å². The van der Waals surface area contributed by atoms with Gasteiger partial charge in [-0.1, -0.05) is 13.3 Å². The summed E-state index contributed by atoms with van der Waals surface area (Å²) < 4.78 is 4.87. The van der Waals surface area contributed by atoms with E-state index in [1.807, 2.05) is 6.92 Å². The molecule has 66 valence electrons. The van der Waals surface area contributed by atoms with Gasteiger partial charge in [0.05, 0.1) is 6.61 Å². The van der Waals surface area contributed by atoms with E-state index in [4.69, 9.17) is 14.9 Å². The maximum Gasteiger partial charge on any atom is 0.334 e. The van der Waals surface area contributed by atoms with Gasteiger partial charge in [0, 0.05) is 6.61 Å². The molecule has 0 radical (unpaired) electrons. The average Bonchev–Trinajstić information content (AvgIpc) is 1.97. The second kappa shape index (κ2) is 6.12. The average molecular weight is 162 g/mol. The Morgan fingerprint density at radius 2 is 2.27 bits per heavy atom. The van der Waals surface area contributed by atoms with Crippen LogP contribution in [-0.4, -0.2) is 35.5 Å². The number of unbranched alkanes of at least 4 members (excludes halogenated alkanes) is 1. The summed E-state index contributed by atoms with van der Waals surface area (Å²) in [6.45, 7) is 2.41. The lowest BCUT2D eigenvalue weighted by Gasteiger charge is -2.05. The van der Waals surface area contributed by atoms with Gasteiger partial charge < -0.3 is 14.9 Å². The predicted molar refractivity (Wildman–Crippen MR) is 39.4 cm³/mol. The van der Waals surface area contributed by atoms with E-state index >= 15 is 0 Å². The summed E-state index contributed by atoms with van der Waals surface area (Å²) in [6.07, 6.45) is 0.516. The van der Waals surface area contributed by atoms with Crippen LogP contribution in [-0.2, 0) is 9.53 Å². The zero-order valence-electron chi connectivity index (χ0n) is 6.62.